The van der Waals surface area contributed by atoms with Crippen LogP contribution in [0.1, 0.15) is 23.9 Å². The van der Waals surface area contributed by atoms with Gasteiger partial charge >= 0.3 is 0 Å². The van der Waals surface area contributed by atoms with Crippen molar-refractivity contribution in [2.45, 2.75) is 27.3 Å². The lowest BCUT2D eigenvalue weighted by molar-refractivity contribution is 0.659. The Morgan fingerprint density at radius 3 is 2.57 bits per heavy atom. The van der Waals surface area contributed by atoms with Crippen LogP contribution in [0.4, 0.5) is 5.69 Å². The highest BCUT2D eigenvalue weighted by atomic mass is 79.9. The molecule has 6 heteroatoms. The highest BCUT2D eigenvalue weighted by Crippen LogP contribution is 2.21. The zero-order valence-corrected chi connectivity index (χ0v) is 14.8. The standard InChI is InChI=1S/C15H19BrN4S/c1-4-17-15(21)18-14-10(2)19-20(11(14)3)9-12-5-7-13(16)8-6-12/h5-8H,4,9H2,1-3H3,(H2,17,18,21). The largest absolute Gasteiger partial charge is 0.363 e. The second-order valence-corrected chi connectivity index (χ2v) is 6.14. The second-order valence-electron chi connectivity index (χ2n) is 4.81. The average Bonchev–Trinajstić information content (AvgIpc) is 2.69. The van der Waals surface area contributed by atoms with Crippen LogP contribution in [0.3, 0.4) is 0 Å². The van der Waals surface area contributed by atoms with E-state index in [0.717, 1.165) is 34.6 Å². The minimum absolute atomic E-state index is 0.631. The first-order chi connectivity index (χ1) is 10.0. The molecular weight excluding hydrogens is 348 g/mol. The monoisotopic (exact) mass is 366 g/mol. The van der Waals surface area contributed by atoms with Gasteiger partial charge < -0.3 is 10.6 Å². The van der Waals surface area contributed by atoms with Gasteiger partial charge in [-0.1, -0.05) is 28.1 Å². The van der Waals surface area contributed by atoms with Crippen LogP contribution in [0.15, 0.2) is 28.7 Å². The van der Waals surface area contributed by atoms with Gasteiger partial charge in [0.05, 0.1) is 23.6 Å². The molecule has 2 N–H and O–H groups in total. The third-order valence-electron chi connectivity index (χ3n) is 3.20. The molecule has 0 spiro atoms. The van der Waals surface area contributed by atoms with Crippen LogP contribution in [0.2, 0.25) is 0 Å². The first kappa shape index (κ1) is 16.0. The minimum atomic E-state index is 0.631. The third kappa shape index (κ3) is 4.04. The van der Waals surface area contributed by atoms with Gasteiger partial charge in [0.25, 0.3) is 0 Å². The maximum Gasteiger partial charge on any atom is 0.170 e. The van der Waals surface area contributed by atoms with Crippen molar-refractivity contribution in [2.24, 2.45) is 0 Å². The Hall–Kier alpha value is -1.40. The topological polar surface area (TPSA) is 41.9 Å². The lowest BCUT2D eigenvalue weighted by atomic mass is 10.2. The number of rotatable bonds is 4. The van der Waals surface area contributed by atoms with E-state index in [4.69, 9.17) is 12.2 Å². The molecule has 0 bridgehead atoms. The Labute approximate surface area is 139 Å². The van der Waals surface area contributed by atoms with Gasteiger partial charge in [0.15, 0.2) is 5.11 Å². The number of thiocarbonyl (C=S) groups is 1. The number of aryl methyl sites for hydroxylation is 1. The van der Waals surface area contributed by atoms with Gasteiger partial charge in [-0.2, -0.15) is 5.10 Å². The fourth-order valence-corrected chi connectivity index (χ4v) is 2.62. The van der Waals surface area contributed by atoms with Crippen molar-refractivity contribution in [3.8, 4) is 0 Å². The van der Waals surface area contributed by atoms with Crippen LogP contribution in [-0.2, 0) is 6.54 Å². The summed E-state index contributed by atoms with van der Waals surface area (Å²) in [7, 11) is 0. The molecule has 1 aromatic carbocycles. The van der Waals surface area contributed by atoms with Crippen LogP contribution < -0.4 is 10.6 Å². The van der Waals surface area contributed by atoms with Gasteiger partial charge in [-0.05, 0) is 50.7 Å². The Kier molecular flexibility index (Phi) is 5.36. The zero-order valence-electron chi connectivity index (χ0n) is 12.4. The van der Waals surface area contributed by atoms with Gasteiger partial charge in [0.2, 0.25) is 0 Å². The van der Waals surface area contributed by atoms with E-state index in [-0.39, 0.29) is 0 Å². The van der Waals surface area contributed by atoms with E-state index in [1.165, 1.54) is 5.56 Å². The van der Waals surface area contributed by atoms with Crippen LogP contribution in [0, 0.1) is 13.8 Å². The molecule has 0 fully saturated rings. The normalized spacial score (nSPS) is 10.5. The van der Waals surface area contributed by atoms with Gasteiger partial charge in [0, 0.05) is 11.0 Å². The summed E-state index contributed by atoms with van der Waals surface area (Å²) < 4.78 is 3.08. The van der Waals surface area contributed by atoms with Gasteiger partial charge in [-0.3, -0.25) is 4.68 Å². The molecule has 0 amide bonds. The molecule has 4 nitrogen and oxygen atoms in total. The molecule has 1 heterocycles. The molecule has 0 radical (unpaired) electrons. The molecule has 0 atom stereocenters. The summed E-state index contributed by atoms with van der Waals surface area (Å²) in [6.07, 6.45) is 0. The smallest absolute Gasteiger partial charge is 0.170 e. The molecule has 2 aromatic rings. The van der Waals surface area contributed by atoms with Gasteiger partial charge in [-0.25, -0.2) is 0 Å². The minimum Gasteiger partial charge on any atom is -0.363 e. The summed E-state index contributed by atoms with van der Waals surface area (Å²) in [5.41, 5.74) is 4.23. The summed E-state index contributed by atoms with van der Waals surface area (Å²) in [5, 5.41) is 11.5. The van der Waals surface area contributed by atoms with E-state index >= 15 is 0 Å². The summed E-state index contributed by atoms with van der Waals surface area (Å²) in [4.78, 5) is 0. The predicted octanol–water partition coefficient (Wildman–Crippen LogP) is 3.62. The van der Waals surface area contributed by atoms with Crippen molar-refractivity contribution < 1.29 is 0 Å². The van der Waals surface area contributed by atoms with E-state index in [1.807, 2.05) is 30.7 Å². The summed E-state index contributed by atoms with van der Waals surface area (Å²) in [5.74, 6) is 0. The van der Waals surface area contributed by atoms with Crippen molar-refractivity contribution in [3.05, 3.63) is 45.7 Å². The van der Waals surface area contributed by atoms with E-state index in [9.17, 15) is 0 Å². The van der Waals surface area contributed by atoms with E-state index < -0.39 is 0 Å². The molecule has 0 aliphatic heterocycles. The number of hydrogen-bond donors (Lipinski definition) is 2. The second kappa shape index (κ2) is 7.04. The Morgan fingerprint density at radius 2 is 1.95 bits per heavy atom. The number of nitrogens with zero attached hydrogens (tertiary/aromatic N) is 2. The SMILES string of the molecule is CCNC(=S)Nc1c(C)nn(Cc2ccc(Br)cc2)c1C. The number of anilines is 1. The van der Waals surface area contributed by atoms with E-state index in [2.05, 4.69) is 50.7 Å². The summed E-state index contributed by atoms with van der Waals surface area (Å²) in [6.45, 7) is 7.61. The Balaban J connectivity index is 2.18. The summed E-state index contributed by atoms with van der Waals surface area (Å²) >= 11 is 8.69. The Bertz CT molecular complexity index is 634. The number of halogens is 1. The van der Waals surface area contributed by atoms with Crippen molar-refractivity contribution in [2.75, 3.05) is 11.9 Å². The predicted molar refractivity (Wildman–Crippen MR) is 94.8 cm³/mol. The third-order valence-corrected chi connectivity index (χ3v) is 3.98. The fraction of sp³-hybridized carbons (Fsp3) is 0.333. The molecule has 2 rings (SSSR count). The summed E-state index contributed by atoms with van der Waals surface area (Å²) in [6, 6.07) is 8.27. The zero-order chi connectivity index (χ0) is 15.4. The molecule has 112 valence electrons. The fourth-order valence-electron chi connectivity index (χ4n) is 2.11. The van der Waals surface area contributed by atoms with Crippen LogP contribution in [0.5, 0.6) is 0 Å². The molecule has 0 saturated carbocycles. The van der Waals surface area contributed by atoms with Crippen LogP contribution in [0.25, 0.3) is 0 Å². The Morgan fingerprint density at radius 1 is 1.29 bits per heavy atom. The number of nitrogens with one attached hydrogen (secondary N) is 2. The maximum atomic E-state index is 5.24. The molecule has 0 unspecified atom stereocenters. The number of hydrogen-bond acceptors (Lipinski definition) is 2. The lowest BCUT2D eigenvalue weighted by Gasteiger charge is -2.09. The van der Waals surface area contributed by atoms with Crippen LogP contribution in [-0.4, -0.2) is 21.4 Å². The highest BCUT2D eigenvalue weighted by molar-refractivity contribution is 9.10. The van der Waals surface area contributed by atoms with Crippen molar-refractivity contribution >= 4 is 38.9 Å². The molecule has 0 aliphatic carbocycles. The lowest BCUT2D eigenvalue weighted by Crippen LogP contribution is -2.28. The molecule has 1 aromatic heterocycles. The quantitative estimate of drug-likeness (QED) is 0.810. The van der Waals surface area contributed by atoms with E-state index in [0.29, 0.717) is 5.11 Å². The first-order valence-electron chi connectivity index (χ1n) is 6.84. The molecule has 0 saturated heterocycles. The average molecular weight is 367 g/mol. The first-order valence-corrected chi connectivity index (χ1v) is 8.04. The molecular formula is C15H19BrN4S. The highest BCUT2D eigenvalue weighted by Gasteiger charge is 2.12. The van der Waals surface area contributed by atoms with Crippen molar-refractivity contribution in [1.82, 2.24) is 15.1 Å². The number of aromatic nitrogens is 2. The van der Waals surface area contributed by atoms with Gasteiger partial charge in [-0.15, -0.1) is 0 Å². The number of benzene rings is 1. The van der Waals surface area contributed by atoms with Crippen molar-refractivity contribution in [3.63, 3.8) is 0 Å². The maximum absolute atomic E-state index is 5.24. The molecule has 21 heavy (non-hydrogen) atoms. The van der Waals surface area contributed by atoms with Gasteiger partial charge in [0.1, 0.15) is 0 Å². The van der Waals surface area contributed by atoms with E-state index in [1.54, 1.807) is 0 Å². The van der Waals surface area contributed by atoms with Crippen molar-refractivity contribution in [1.29, 1.82) is 0 Å². The molecule has 0 aliphatic rings. The van der Waals surface area contributed by atoms with Crippen LogP contribution >= 0.6 is 28.1 Å².